The number of likely N-dealkylation sites (tertiary alicyclic amines) is 2. The van der Waals surface area contributed by atoms with E-state index in [0.717, 1.165) is 118 Å². The topological polar surface area (TPSA) is 153 Å². The van der Waals surface area contributed by atoms with Crippen LogP contribution in [0.15, 0.2) is 72.9 Å². The number of para-hydroxylation sites is 1. The summed E-state index contributed by atoms with van der Waals surface area (Å²) in [7, 11) is 0. The lowest BCUT2D eigenvalue weighted by atomic mass is 9.86. The van der Waals surface area contributed by atoms with Crippen molar-refractivity contribution < 1.29 is 19.5 Å². The van der Waals surface area contributed by atoms with Crippen molar-refractivity contribution in [3.63, 3.8) is 0 Å². The Labute approximate surface area is 351 Å². The highest BCUT2D eigenvalue weighted by molar-refractivity contribution is 6.07. The molecule has 3 aromatic carbocycles. The average molecular weight is 810 g/mol. The number of hydrogen-bond acceptors (Lipinski definition) is 9. The molecule has 6 heterocycles. The van der Waals surface area contributed by atoms with Crippen LogP contribution < -0.4 is 20.9 Å². The zero-order valence-corrected chi connectivity index (χ0v) is 34.6. The molecular weight excluding hydrogens is 755 g/mol. The van der Waals surface area contributed by atoms with Gasteiger partial charge in [-0.15, -0.1) is 10.2 Å². The number of rotatable bonds is 8. The second kappa shape index (κ2) is 16.6. The Kier molecular flexibility index (Phi) is 10.9. The lowest BCUT2D eigenvalue weighted by Crippen LogP contribution is -2.49. The number of phenolic OH excluding ortho intramolecular Hbond substituents is 1. The first-order chi connectivity index (χ1) is 29.1. The van der Waals surface area contributed by atoms with E-state index in [1.165, 1.54) is 11.1 Å². The molecule has 2 aromatic heterocycles. The molecule has 0 radical (unpaired) electrons. The van der Waals surface area contributed by atoms with Crippen LogP contribution in [-0.4, -0.2) is 99.9 Å². The average Bonchev–Trinajstić information content (AvgIpc) is 3.70. The number of nitrogen functional groups attached to an aromatic ring is 1. The van der Waals surface area contributed by atoms with Gasteiger partial charge >= 0.3 is 6.03 Å². The lowest BCUT2D eigenvalue weighted by Gasteiger charge is -2.38. The van der Waals surface area contributed by atoms with Crippen LogP contribution >= 0.6 is 0 Å². The highest BCUT2D eigenvalue weighted by Crippen LogP contribution is 2.38. The molecule has 0 unspecified atom stereocenters. The number of nitrogens with one attached hydrogen (secondary N) is 1. The summed E-state index contributed by atoms with van der Waals surface area (Å²) < 4.78 is 2.41. The number of piperidine rings is 3. The molecule has 4 aliphatic heterocycles. The van der Waals surface area contributed by atoms with Crippen LogP contribution in [0.2, 0.25) is 0 Å². The highest BCUT2D eigenvalue weighted by atomic mass is 16.3. The van der Waals surface area contributed by atoms with Crippen LogP contribution in [0.4, 0.5) is 22.0 Å². The van der Waals surface area contributed by atoms with Crippen LogP contribution in [-0.2, 0) is 4.79 Å². The summed E-state index contributed by atoms with van der Waals surface area (Å²) in [5.41, 5.74) is 14.7. The van der Waals surface area contributed by atoms with Gasteiger partial charge in [0.1, 0.15) is 5.75 Å². The van der Waals surface area contributed by atoms with Gasteiger partial charge in [0, 0.05) is 105 Å². The molecule has 13 nitrogen and oxygen atoms in total. The van der Waals surface area contributed by atoms with Gasteiger partial charge in [0.25, 0.3) is 5.91 Å². The van der Waals surface area contributed by atoms with Gasteiger partial charge in [0.15, 0.2) is 5.82 Å². The molecule has 4 amide bonds. The van der Waals surface area contributed by atoms with Gasteiger partial charge in [-0.2, -0.15) is 0 Å². The maximum Gasteiger partial charge on any atom is 0.328 e. The highest BCUT2D eigenvalue weighted by Gasteiger charge is 2.31. The predicted molar refractivity (Wildman–Crippen MR) is 234 cm³/mol. The van der Waals surface area contributed by atoms with Crippen LogP contribution in [0.3, 0.4) is 0 Å². The van der Waals surface area contributed by atoms with E-state index in [4.69, 9.17) is 5.73 Å². The third kappa shape index (κ3) is 7.78. The standard InChI is InChI=1S/C47H55N9O4/c1-30-26-33(9-10-36(30)34-6-5-19-54(29-34)42-27-39(50-51-45(42)48)38-7-3-4-8-43(38)57)46(59)53-22-13-32(14-23-53)28-52-20-15-35(16-21-52)55-24-17-37-31(2)40(11-12-41(37)55)56-25-18-44(58)49-47(56)60/h3-4,7-12,17,24,26-27,32,34-35,57H,5-6,13-16,18-23,25,28-29H2,1-2H3,(H2,48,51)(H,49,58,60)/t34-/m0/s1. The summed E-state index contributed by atoms with van der Waals surface area (Å²) in [5, 5.41) is 22.5. The van der Waals surface area contributed by atoms with Gasteiger partial charge in [0.05, 0.1) is 11.4 Å². The van der Waals surface area contributed by atoms with E-state index in [0.29, 0.717) is 42.0 Å². The SMILES string of the molecule is Cc1cc(C(=O)N2CCC(CN3CCC(n4ccc5c(C)c(N6CCC(=O)NC6=O)ccc54)CC3)CC2)ccc1[C@H]1CCCN(c2cc(-c3ccccc3O)nnc2N)C1. The van der Waals surface area contributed by atoms with Crippen molar-refractivity contribution >= 4 is 45.9 Å². The third-order valence-corrected chi connectivity index (χ3v) is 13.6. The maximum atomic E-state index is 13.8. The minimum Gasteiger partial charge on any atom is -0.507 e. The number of nitrogens with zero attached hydrogens (tertiary/aromatic N) is 7. The number of urea groups is 1. The van der Waals surface area contributed by atoms with Crippen molar-refractivity contribution in [2.75, 3.05) is 67.9 Å². The molecule has 4 aliphatic rings. The van der Waals surface area contributed by atoms with E-state index in [1.54, 1.807) is 17.0 Å². The third-order valence-electron chi connectivity index (χ3n) is 13.6. The first-order valence-electron chi connectivity index (χ1n) is 21.6. The second-order valence-electron chi connectivity index (χ2n) is 17.3. The van der Waals surface area contributed by atoms with Crippen molar-refractivity contribution in [3.05, 3.63) is 95.2 Å². The van der Waals surface area contributed by atoms with Gasteiger partial charge in [-0.3, -0.25) is 19.8 Å². The number of aryl methyl sites for hydroxylation is 2. The van der Waals surface area contributed by atoms with E-state index in [2.05, 4.69) is 74.2 Å². The Morgan fingerprint density at radius 1 is 0.867 bits per heavy atom. The largest absolute Gasteiger partial charge is 0.507 e. The molecule has 13 heteroatoms. The normalized spacial score (nSPS) is 19.9. The van der Waals surface area contributed by atoms with Gasteiger partial charge in [0.2, 0.25) is 5.91 Å². The number of aromatic nitrogens is 3. The first kappa shape index (κ1) is 39.5. The van der Waals surface area contributed by atoms with E-state index in [1.807, 2.05) is 35.2 Å². The zero-order valence-electron chi connectivity index (χ0n) is 34.6. The molecule has 4 saturated heterocycles. The molecule has 60 heavy (non-hydrogen) atoms. The molecule has 5 aromatic rings. The molecule has 0 spiro atoms. The Morgan fingerprint density at radius 2 is 1.67 bits per heavy atom. The minimum atomic E-state index is -0.350. The van der Waals surface area contributed by atoms with Gasteiger partial charge in [-0.25, -0.2) is 4.79 Å². The maximum absolute atomic E-state index is 13.8. The quantitative estimate of drug-likeness (QED) is 0.150. The number of anilines is 3. The van der Waals surface area contributed by atoms with E-state index >= 15 is 0 Å². The number of hydrogen-bond donors (Lipinski definition) is 3. The number of benzene rings is 3. The number of amides is 4. The summed E-state index contributed by atoms with van der Waals surface area (Å²) in [6.07, 6.45) is 8.78. The second-order valence-corrected chi connectivity index (χ2v) is 17.3. The number of nitrogens with two attached hydrogens (primary N) is 1. The monoisotopic (exact) mass is 809 g/mol. The minimum absolute atomic E-state index is 0.122. The summed E-state index contributed by atoms with van der Waals surface area (Å²) >= 11 is 0. The molecular formula is C47H55N9O4. The summed E-state index contributed by atoms with van der Waals surface area (Å²) in [5.74, 6) is 1.30. The summed E-state index contributed by atoms with van der Waals surface area (Å²) in [6.45, 7) is 11.0. The Morgan fingerprint density at radius 3 is 2.43 bits per heavy atom. The van der Waals surface area contributed by atoms with Gasteiger partial charge in [-0.1, -0.05) is 18.2 Å². The van der Waals surface area contributed by atoms with Crippen LogP contribution in [0, 0.1) is 19.8 Å². The fourth-order valence-electron chi connectivity index (χ4n) is 10.2. The van der Waals surface area contributed by atoms with Crippen LogP contribution in [0.1, 0.15) is 84.0 Å². The van der Waals surface area contributed by atoms with Crippen molar-refractivity contribution in [3.8, 4) is 17.0 Å². The molecule has 4 fully saturated rings. The van der Waals surface area contributed by atoms with Crippen molar-refractivity contribution in [1.82, 2.24) is 29.9 Å². The number of aromatic hydroxyl groups is 1. The van der Waals surface area contributed by atoms with E-state index < -0.39 is 0 Å². The van der Waals surface area contributed by atoms with Crippen LogP contribution in [0.25, 0.3) is 22.2 Å². The van der Waals surface area contributed by atoms with Crippen molar-refractivity contribution in [2.24, 2.45) is 5.92 Å². The molecule has 0 aliphatic carbocycles. The Balaban J connectivity index is 0.766. The summed E-state index contributed by atoms with van der Waals surface area (Å²) in [4.78, 5) is 46.6. The van der Waals surface area contributed by atoms with Gasteiger partial charge < -0.3 is 30.1 Å². The molecule has 0 bridgehead atoms. The zero-order chi connectivity index (χ0) is 41.5. The molecule has 9 rings (SSSR count). The van der Waals surface area contributed by atoms with Gasteiger partial charge in [-0.05, 0) is 124 Å². The predicted octanol–water partition coefficient (Wildman–Crippen LogP) is 7.02. The van der Waals surface area contributed by atoms with Crippen LogP contribution in [0.5, 0.6) is 5.75 Å². The fourth-order valence-corrected chi connectivity index (χ4v) is 10.2. The van der Waals surface area contributed by atoms with Crippen molar-refractivity contribution in [1.29, 1.82) is 0 Å². The Hall–Kier alpha value is -5.95. The first-order valence-corrected chi connectivity index (χ1v) is 21.6. The van der Waals surface area contributed by atoms with E-state index in [-0.39, 0.29) is 29.5 Å². The number of carbonyl (C=O) groups excluding carboxylic acids is 3. The lowest BCUT2D eigenvalue weighted by molar-refractivity contribution is -0.120. The molecule has 0 saturated carbocycles. The summed E-state index contributed by atoms with van der Waals surface area (Å²) in [6, 6.07) is 21.7. The molecule has 4 N–H and O–H groups in total. The van der Waals surface area contributed by atoms with E-state index in [9.17, 15) is 19.5 Å². The number of imide groups is 1. The smallest absolute Gasteiger partial charge is 0.328 e. The fraction of sp³-hybridized carbons (Fsp3) is 0.426. The number of phenols is 1. The molecule has 312 valence electrons. The van der Waals surface area contributed by atoms with Crippen molar-refractivity contribution in [2.45, 2.75) is 70.8 Å². The molecule has 1 atom stereocenters. The Bertz CT molecular complexity index is 2430. The number of carbonyl (C=O) groups is 3. The number of fused-ring (bicyclic) bond motifs is 1.